The molecule has 0 radical (unpaired) electrons. The summed E-state index contributed by atoms with van der Waals surface area (Å²) in [5, 5.41) is 14.1. The van der Waals surface area contributed by atoms with Crippen molar-refractivity contribution < 1.29 is 57.3 Å². The third-order valence-electron chi connectivity index (χ3n) is 6.56. The molecule has 1 aliphatic heterocycles. The van der Waals surface area contributed by atoms with E-state index in [2.05, 4.69) is 5.32 Å². The van der Waals surface area contributed by atoms with Crippen LogP contribution in [0.1, 0.15) is 72.8 Å². The van der Waals surface area contributed by atoms with Gasteiger partial charge in [0.25, 0.3) is 5.69 Å². The maximum absolute atomic E-state index is 13.6. The van der Waals surface area contributed by atoms with Crippen molar-refractivity contribution >= 4 is 35.8 Å². The first-order valence-corrected chi connectivity index (χ1v) is 15.1. The Bertz CT molecular complexity index is 1440. The zero-order chi connectivity index (χ0) is 36.2. The molecule has 1 unspecified atom stereocenters. The highest BCUT2D eigenvalue weighted by Crippen LogP contribution is 2.44. The number of esters is 3. The molecule has 0 bridgehead atoms. The molecule has 2 amide bonds. The van der Waals surface area contributed by atoms with Crippen LogP contribution in [0, 0.1) is 10.1 Å². The Hall–Kier alpha value is -4.99. The van der Waals surface area contributed by atoms with Crippen LogP contribution in [0.2, 0.25) is 0 Å². The van der Waals surface area contributed by atoms with Crippen molar-refractivity contribution in [3.8, 4) is 0 Å². The van der Waals surface area contributed by atoms with Gasteiger partial charge in [-0.3, -0.25) is 19.8 Å². The highest BCUT2D eigenvalue weighted by molar-refractivity contribution is 6.01. The number of rotatable bonds is 14. The number of amides is 2. The Balaban J connectivity index is 2.37. The monoisotopic (exact) mass is 677 g/mol. The molecular formula is C32H43N3O13. The van der Waals surface area contributed by atoms with E-state index in [1.807, 2.05) is 0 Å². The van der Waals surface area contributed by atoms with E-state index >= 15 is 0 Å². The van der Waals surface area contributed by atoms with Gasteiger partial charge >= 0.3 is 30.1 Å². The van der Waals surface area contributed by atoms with Crippen LogP contribution >= 0.6 is 0 Å². The maximum atomic E-state index is 13.6. The van der Waals surface area contributed by atoms with Crippen molar-refractivity contribution in [2.45, 2.75) is 78.9 Å². The number of nitrogens with one attached hydrogen (secondary N) is 1. The average molecular weight is 678 g/mol. The summed E-state index contributed by atoms with van der Waals surface area (Å²) in [6.45, 7) is 10.4. The highest BCUT2D eigenvalue weighted by Gasteiger charge is 2.43. The van der Waals surface area contributed by atoms with Gasteiger partial charge in [-0.2, -0.15) is 0 Å². The van der Waals surface area contributed by atoms with Gasteiger partial charge in [-0.1, -0.05) is 12.1 Å². The fourth-order valence-corrected chi connectivity index (χ4v) is 4.60. The summed E-state index contributed by atoms with van der Waals surface area (Å²) >= 11 is 0. The molecule has 1 atom stereocenters. The summed E-state index contributed by atoms with van der Waals surface area (Å²) in [5.74, 6) is -3.77. The Morgan fingerprint density at radius 3 is 2.21 bits per heavy atom. The number of hydrogen-bond donors (Lipinski definition) is 1. The van der Waals surface area contributed by atoms with Gasteiger partial charge < -0.3 is 33.7 Å². The van der Waals surface area contributed by atoms with E-state index in [0.29, 0.717) is 0 Å². The lowest BCUT2D eigenvalue weighted by molar-refractivity contribution is -0.384. The number of alkyl carbamates (subject to hydrolysis) is 1. The molecular weight excluding hydrogens is 634 g/mol. The van der Waals surface area contributed by atoms with Crippen molar-refractivity contribution in [3.63, 3.8) is 0 Å². The van der Waals surface area contributed by atoms with Gasteiger partial charge in [0.2, 0.25) is 6.79 Å². The Morgan fingerprint density at radius 1 is 0.979 bits per heavy atom. The van der Waals surface area contributed by atoms with Gasteiger partial charge in [0.1, 0.15) is 12.2 Å². The number of nitrogens with zero attached hydrogens (tertiary/aromatic N) is 2. The fraction of sp³-hybridized carbons (Fsp3) is 0.531. The quantitative estimate of drug-likeness (QED) is 0.0715. The topological polar surface area (TPSA) is 199 Å². The molecule has 2 rings (SSSR count). The van der Waals surface area contributed by atoms with E-state index in [9.17, 15) is 34.1 Å². The zero-order valence-electron chi connectivity index (χ0n) is 28.4. The SMILES string of the molecule is COCCOC(=O)C1=C(C)N(C(=O)OCOC(=O)CCCNC(=O)OC(C)(C)C)C(C)=C(C(=O)OC(C)C)C1c1cccc([N+](=O)[O-])c1. The molecule has 1 aromatic rings. The lowest BCUT2D eigenvalue weighted by Crippen LogP contribution is -2.39. The Kier molecular flexibility index (Phi) is 14.5. The minimum atomic E-state index is -1.23. The van der Waals surface area contributed by atoms with Crippen LogP contribution in [0.15, 0.2) is 46.8 Å². The molecule has 0 spiro atoms. The molecule has 1 N–H and O–H groups in total. The molecule has 1 heterocycles. The van der Waals surface area contributed by atoms with Crippen LogP contribution in [0.5, 0.6) is 0 Å². The van der Waals surface area contributed by atoms with E-state index in [1.165, 1.54) is 45.2 Å². The van der Waals surface area contributed by atoms with Crippen LogP contribution in [0.4, 0.5) is 15.3 Å². The normalized spacial score (nSPS) is 14.8. The molecule has 16 heteroatoms. The summed E-state index contributed by atoms with van der Waals surface area (Å²) in [7, 11) is 1.41. The van der Waals surface area contributed by atoms with Crippen LogP contribution in [0.25, 0.3) is 0 Å². The minimum absolute atomic E-state index is 0.00272. The standard InChI is InChI=1S/C32H43N3O13/c1-19(2)47-29(38)26-21(4)34(31(40)46-18-45-24(36)13-10-14-33-30(39)48-32(5,6)7)20(3)25(28(37)44-16-15-43-8)27(26)22-11-9-12-23(17-22)35(41)42/h9,11-12,17,19,27H,10,13-16,18H2,1-8H3,(H,33,39). The molecule has 0 saturated heterocycles. The van der Waals surface area contributed by atoms with E-state index in [-0.39, 0.29) is 66.4 Å². The second-order valence-corrected chi connectivity index (χ2v) is 11.8. The molecule has 0 fully saturated rings. The van der Waals surface area contributed by atoms with Gasteiger partial charge in [-0.15, -0.1) is 0 Å². The van der Waals surface area contributed by atoms with Gasteiger partial charge in [0.15, 0.2) is 0 Å². The van der Waals surface area contributed by atoms with Crippen LogP contribution in [0.3, 0.4) is 0 Å². The fourth-order valence-electron chi connectivity index (χ4n) is 4.60. The molecule has 48 heavy (non-hydrogen) atoms. The van der Waals surface area contributed by atoms with Crippen molar-refractivity contribution in [2.24, 2.45) is 0 Å². The minimum Gasteiger partial charge on any atom is -0.460 e. The van der Waals surface area contributed by atoms with Crippen LogP contribution in [-0.2, 0) is 42.8 Å². The summed E-state index contributed by atoms with van der Waals surface area (Å²) in [6.07, 6.45) is -2.23. The van der Waals surface area contributed by atoms with Crippen LogP contribution < -0.4 is 5.32 Å². The number of methoxy groups -OCH3 is 1. The number of hydrogen-bond acceptors (Lipinski definition) is 13. The summed E-state index contributed by atoms with van der Waals surface area (Å²) < 4.78 is 31.1. The molecule has 264 valence electrons. The highest BCUT2D eigenvalue weighted by atomic mass is 16.7. The third-order valence-corrected chi connectivity index (χ3v) is 6.56. The van der Waals surface area contributed by atoms with Crippen LogP contribution in [-0.4, -0.2) is 85.3 Å². The Morgan fingerprint density at radius 2 is 1.62 bits per heavy atom. The van der Waals surface area contributed by atoms with Gasteiger partial charge in [0.05, 0.1) is 34.7 Å². The van der Waals surface area contributed by atoms with E-state index < -0.39 is 59.4 Å². The first-order chi connectivity index (χ1) is 22.5. The number of non-ortho nitro benzene ring substituents is 1. The van der Waals surface area contributed by atoms with E-state index in [1.54, 1.807) is 34.6 Å². The van der Waals surface area contributed by atoms with Crippen molar-refractivity contribution in [1.29, 1.82) is 0 Å². The van der Waals surface area contributed by atoms with Gasteiger partial charge in [0, 0.05) is 43.6 Å². The average Bonchev–Trinajstić information content (AvgIpc) is 2.97. The van der Waals surface area contributed by atoms with Crippen molar-refractivity contribution in [2.75, 3.05) is 33.7 Å². The second-order valence-electron chi connectivity index (χ2n) is 11.8. The predicted molar refractivity (Wildman–Crippen MR) is 168 cm³/mol. The van der Waals surface area contributed by atoms with Gasteiger partial charge in [-0.05, 0) is 60.5 Å². The number of carbonyl (C=O) groups excluding carboxylic acids is 5. The summed E-state index contributed by atoms with van der Waals surface area (Å²) in [5.41, 5.74) is -1.12. The molecule has 1 aromatic carbocycles. The molecule has 16 nitrogen and oxygen atoms in total. The number of carbonyl (C=O) groups is 5. The first kappa shape index (κ1) is 39.2. The maximum Gasteiger partial charge on any atom is 0.421 e. The Labute approximate surface area is 278 Å². The number of allylic oxidation sites excluding steroid dienone is 2. The largest absolute Gasteiger partial charge is 0.460 e. The van der Waals surface area contributed by atoms with Crippen molar-refractivity contribution in [3.05, 3.63) is 62.5 Å². The summed E-state index contributed by atoms with van der Waals surface area (Å²) in [6, 6.07) is 5.37. The van der Waals surface area contributed by atoms with E-state index in [4.69, 9.17) is 28.4 Å². The number of benzene rings is 1. The third kappa shape index (κ3) is 11.4. The number of ether oxygens (including phenoxy) is 6. The molecule has 0 saturated carbocycles. The van der Waals surface area contributed by atoms with Crippen molar-refractivity contribution in [1.82, 2.24) is 10.2 Å². The van der Waals surface area contributed by atoms with Gasteiger partial charge in [-0.25, -0.2) is 19.2 Å². The molecule has 1 aliphatic rings. The smallest absolute Gasteiger partial charge is 0.421 e. The first-order valence-electron chi connectivity index (χ1n) is 15.1. The number of nitro groups is 1. The lowest BCUT2D eigenvalue weighted by atomic mass is 9.79. The zero-order valence-corrected chi connectivity index (χ0v) is 28.4. The predicted octanol–water partition coefficient (Wildman–Crippen LogP) is 4.63. The molecule has 0 aromatic heterocycles. The molecule has 0 aliphatic carbocycles. The lowest BCUT2D eigenvalue weighted by Gasteiger charge is -2.36. The van der Waals surface area contributed by atoms with E-state index in [0.717, 1.165) is 4.90 Å². The number of nitro benzene ring substituents is 1. The second kappa shape index (κ2) is 17.8. The summed E-state index contributed by atoms with van der Waals surface area (Å²) in [4.78, 5) is 76.4.